The Hall–Kier alpha value is -1.56. The molecule has 4 N–H and O–H groups in total. The summed E-state index contributed by atoms with van der Waals surface area (Å²) >= 11 is 1.30. The Morgan fingerprint density at radius 3 is 2.45 bits per heavy atom. The Morgan fingerprint density at radius 1 is 1.35 bits per heavy atom. The monoisotopic (exact) mass is 295 g/mol. The third-order valence-corrected chi connectivity index (χ3v) is 4.90. The summed E-state index contributed by atoms with van der Waals surface area (Å²) in [6.07, 6.45) is 2.82. The van der Waals surface area contributed by atoms with Crippen LogP contribution in [0.3, 0.4) is 0 Å². The molecule has 0 radical (unpaired) electrons. The maximum absolute atomic E-state index is 11.9. The zero-order valence-electron chi connectivity index (χ0n) is 11.9. The SMILES string of the molecule is CCC(=O)c1sc(N(CC)CC2CC2)c(C(N)=O)c1N. The molecule has 110 valence electrons. The molecule has 0 saturated heterocycles. The molecule has 1 aliphatic carbocycles. The van der Waals surface area contributed by atoms with Crippen LogP contribution < -0.4 is 16.4 Å². The molecular weight excluding hydrogens is 274 g/mol. The summed E-state index contributed by atoms with van der Waals surface area (Å²) in [6, 6.07) is 0. The van der Waals surface area contributed by atoms with E-state index in [4.69, 9.17) is 11.5 Å². The molecule has 0 atom stereocenters. The number of ketones is 1. The van der Waals surface area contributed by atoms with E-state index in [0.29, 0.717) is 22.8 Å². The molecule has 20 heavy (non-hydrogen) atoms. The van der Waals surface area contributed by atoms with E-state index in [9.17, 15) is 9.59 Å². The molecule has 0 aromatic carbocycles. The topological polar surface area (TPSA) is 89.4 Å². The van der Waals surface area contributed by atoms with Crippen molar-refractivity contribution >= 4 is 33.7 Å². The minimum atomic E-state index is -0.557. The molecule has 0 aliphatic heterocycles. The largest absolute Gasteiger partial charge is 0.397 e. The number of carbonyl (C=O) groups excluding carboxylic acids is 2. The first-order valence-electron chi connectivity index (χ1n) is 6.99. The average molecular weight is 295 g/mol. The molecule has 2 rings (SSSR count). The molecule has 1 fully saturated rings. The smallest absolute Gasteiger partial charge is 0.253 e. The van der Waals surface area contributed by atoms with Crippen LogP contribution in [0.25, 0.3) is 0 Å². The van der Waals surface area contributed by atoms with E-state index >= 15 is 0 Å². The number of hydrogen-bond donors (Lipinski definition) is 2. The van der Waals surface area contributed by atoms with Crippen molar-refractivity contribution in [1.29, 1.82) is 0 Å². The van der Waals surface area contributed by atoms with Gasteiger partial charge in [-0.2, -0.15) is 0 Å². The van der Waals surface area contributed by atoms with Gasteiger partial charge in [0.05, 0.1) is 16.1 Å². The molecule has 5 nitrogen and oxygen atoms in total. The lowest BCUT2D eigenvalue weighted by molar-refractivity contribution is 0.0991. The summed E-state index contributed by atoms with van der Waals surface area (Å²) in [5.41, 5.74) is 12.0. The number of nitrogens with zero attached hydrogens (tertiary/aromatic N) is 1. The number of carbonyl (C=O) groups is 2. The van der Waals surface area contributed by atoms with Gasteiger partial charge in [0.25, 0.3) is 5.91 Å². The molecule has 1 amide bonds. The van der Waals surface area contributed by atoms with E-state index in [2.05, 4.69) is 4.90 Å². The van der Waals surface area contributed by atoms with E-state index in [1.54, 1.807) is 6.92 Å². The highest BCUT2D eigenvalue weighted by molar-refractivity contribution is 7.19. The predicted octanol–water partition coefficient (Wildman–Crippen LogP) is 2.26. The van der Waals surface area contributed by atoms with Crippen molar-refractivity contribution in [3.63, 3.8) is 0 Å². The van der Waals surface area contributed by atoms with Crippen LogP contribution in [0.5, 0.6) is 0 Å². The average Bonchev–Trinajstić information content (AvgIpc) is 3.17. The molecule has 1 saturated carbocycles. The summed E-state index contributed by atoms with van der Waals surface area (Å²) in [6.45, 7) is 5.49. The Kier molecular flexibility index (Phi) is 4.32. The minimum absolute atomic E-state index is 0.0382. The molecule has 1 aromatic heterocycles. The van der Waals surface area contributed by atoms with Gasteiger partial charge in [0, 0.05) is 19.5 Å². The fraction of sp³-hybridized carbons (Fsp3) is 0.571. The highest BCUT2D eigenvalue weighted by Gasteiger charge is 2.29. The van der Waals surface area contributed by atoms with Crippen molar-refractivity contribution in [2.75, 3.05) is 23.7 Å². The zero-order chi connectivity index (χ0) is 14.9. The third-order valence-electron chi connectivity index (χ3n) is 3.59. The Labute approximate surface area is 122 Å². The lowest BCUT2D eigenvalue weighted by Crippen LogP contribution is -2.27. The van der Waals surface area contributed by atoms with Crippen LogP contribution in [0.15, 0.2) is 0 Å². The van der Waals surface area contributed by atoms with E-state index in [1.165, 1.54) is 24.2 Å². The number of amides is 1. The molecule has 1 aliphatic rings. The van der Waals surface area contributed by atoms with Crippen LogP contribution in [-0.4, -0.2) is 24.8 Å². The Balaban J connectivity index is 2.43. The van der Waals surface area contributed by atoms with E-state index < -0.39 is 5.91 Å². The number of nitrogen functional groups attached to an aromatic ring is 1. The first-order chi connectivity index (χ1) is 9.49. The third kappa shape index (κ3) is 2.80. The summed E-state index contributed by atoms with van der Waals surface area (Å²) in [5, 5.41) is 0.751. The van der Waals surface area contributed by atoms with Crippen LogP contribution in [0.1, 0.15) is 53.1 Å². The molecule has 0 bridgehead atoms. The van der Waals surface area contributed by atoms with E-state index in [-0.39, 0.29) is 11.5 Å². The van der Waals surface area contributed by atoms with Gasteiger partial charge in [-0.3, -0.25) is 9.59 Å². The number of Topliss-reactive ketones (excluding diaryl/α,β-unsaturated/α-hetero) is 1. The fourth-order valence-electron chi connectivity index (χ4n) is 2.23. The van der Waals surface area contributed by atoms with Crippen molar-refractivity contribution in [1.82, 2.24) is 0 Å². The van der Waals surface area contributed by atoms with Gasteiger partial charge in [-0.05, 0) is 25.7 Å². The standard InChI is InChI=1S/C14H21N3O2S/c1-3-9(18)12-11(15)10(13(16)19)14(20-12)17(4-2)7-8-5-6-8/h8H,3-7,15H2,1-2H3,(H2,16,19). The fourth-order valence-corrected chi connectivity index (χ4v) is 3.54. The zero-order valence-corrected chi connectivity index (χ0v) is 12.8. The lowest BCUT2D eigenvalue weighted by atomic mass is 10.1. The number of hydrogen-bond acceptors (Lipinski definition) is 5. The summed E-state index contributed by atoms with van der Waals surface area (Å²) < 4.78 is 0. The van der Waals surface area contributed by atoms with Crippen LogP contribution in [0.2, 0.25) is 0 Å². The van der Waals surface area contributed by atoms with Gasteiger partial charge in [-0.15, -0.1) is 11.3 Å². The van der Waals surface area contributed by atoms with Crippen LogP contribution in [-0.2, 0) is 0 Å². The number of primary amides is 1. The van der Waals surface area contributed by atoms with Gasteiger partial charge < -0.3 is 16.4 Å². The normalized spacial score (nSPS) is 14.3. The van der Waals surface area contributed by atoms with Crippen molar-refractivity contribution in [2.24, 2.45) is 11.7 Å². The van der Waals surface area contributed by atoms with Gasteiger partial charge in [-0.25, -0.2) is 0 Å². The van der Waals surface area contributed by atoms with Gasteiger partial charge in [0.15, 0.2) is 5.78 Å². The minimum Gasteiger partial charge on any atom is -0.397 e. The number of rotatable bonds is 7. The van der Waals surface area contributed by atoms with Gasteiger partial charge in [0.2, 0.25) is 0 Å². The number of nitrogens with two attached hydrogens (primary N) is 2. The second-order valence-corrected chi connectivity index (χ2v) is 6.15. The molecular formula is C14H21N3O2S. The quantitative estimate of drug-likeness (QED) is 0.755. The van der Waals surface area contributed by atoms with Gasteiger partial charge in [-0.1, -0.05) is 6.92 Å². The molecule has 0 unspecified atom stereocenters. The maximum atomic E-state index is 11.9. The predicted molar refractivity (Wildman–Crippen MR) is 82.5 cm³/mol. The van der Waals surface area contributed by atoms with Crippen molar-refractivity contribution in [3.8, 4) is 0 Å². The molecule has 6 heteroatoms. The Morgan fingerprint density at radius 2 is 2.00 bits per heavy atom. The highest BCUT2D eigenvalue weighted by atomic mass is 32.1. The van der Waals surface area contributed by atoms with Gasteiger partial charge in [0.1, 0.15) is 5.00 Å². The molecule has 1 heterocycles. The highest BCUT2D eigenvalue weighted by Crippen LogP contribution is 2.40. The van der Waals surface area contributed by atoms with E-state index in [0.717, 1.165) is 18.1 Å². The maximum Gasteiger partial charge on any atom is 0.253 e. The first kappa shape index (κ1) is 14.8. The lowest BCUT2D eigenvalue weighted by Gasteiger charge is -2.22. The first-order valence-corrected chi connectivity index (χ1v) is 7.81. The second kappa shape index (κ2) is 5.83. The van der Waals surface area contributed by atoms with Gasteiger partial charge >= 0.3 is 0 Å². The number of thiophene rings is 1. The van der Waals surface area contributed by atoms with Crippen LogP contribution in [0.4, 0.5) is 10.7 Å². The summed E-state index contributed by atoms with van der Waals surface area (Å²) in [4.78, 5) is 26.2. The number of anilines is 2. The molecule has 1 aromatic rings. The second-order valence-electron chi connectivity index (χ2n) is 5.15. The summed E-state index contributed by atoms with van der Waals surface area (Å²) in [5.74, 6) is 0.0891. The molecule has 0 spiro atoms. The van der Waals surface area contributed by atoms with E-state index in [1.807, 2.05) is 6.92 Å². The van der Waals surface area contributed by atoms with Crippen molar-refractivity contribution < 1.29 is 9.59 Å². The Bertz CT molecular complexity index is 535. The van der Waals surface area contributed by atoms with Crippen molar-refractivity contribution in [2.45, 2.75) is 33.1 Å². The van der Waals surface area contributed by atoms with Crippen LogP contribution >= 0.6 is 11.3 Å². The van der Waals surface area contributed by atoms with Crippen LogP contribution in [0, 0.1) is 5.92 Å². The van der Waals surface area contributed by atoms with Crippen molar-refractivity contribution in [3.05, 3.63) is 10.4 Å². The summed E-state index contributed by atoms with van der Waals surface area (Å²) in [7, 11) is 0.